The fraction of sp³-hybridized carbons (Fsp3) is 0.667. The van der Waals surface area contributed by atoms with Crippen molar-refractivity contribution in [3.05, 3.63) is 12.7 Å². The number of nitrogens with one attached hydrogen (secondary N) is 2. The lowest BCUT2D eigenvalue weighted by molar-refractivity contribution is -0.139. The minimum atomic E-state index is -1.07. The number of aliphatic carboxylic acids is 1. The molecule has 1 heterocycles. The van der Waals surface area contributed by atoms with Crippen molar-refractivity contribution in [2.75, 3.05) is 6.61 Å². The molecule has 6 heteroatoms. The average Bonchev–Trinajstić information content (AvgIpc) is 2.81. The Kier molecular flexibility index (Phi) is 5.64. The standard InChI is InChI=1S/C12H20N2O4/c1-3-5-9(11(15)16)14-12(17)13-8(2)10-6-4-7-18-10/h3,8-10H,1,4-7H2,2H3,(H,15,16)(H2,13,14,17). The minimum absolute atomic E-state index is 0.0124. The third-order valence-electron chi connectivity index (χ3n) is 2.89. The Labute approximate surface area is 106 Å². The van der Waals surface area contributed by atoms with Crippen LogP contribution in [0.4, 0.5) is 4.79 Å². The van der Waals surface area contributed by atoms with Crippen molar-refractivity contribution in [3.63, 3.8) is 0 Å². The van der Waals surface area contributed by atoms with Gasteiger partial charge in [0.15, 0.2) is 0 Å². The summed E-state index contributed by atoms with van der Waals surface area (Å²) in [5.41, 5.74) is 0. The Morgan fingerprint density at radius 2 is 2.28 bits per heavy atom. The molecule has 0 aromatic carbocycles. The van der Waals surface area contributed by atoms with Crippen LogP contribution in [0.25, 0.3) is 0 Å². The molecule has 0 spiro atoms. The van der Waals surface area contributed by atoms with Gasteiger partial charge in [0.05, 0.1) is 12.1 Å². The Morgan fingerprint density at radius 3 is 2.78 bits per heavy atom. The molecule has 18 heavy (non-hydrogen) atoms. The Hall–Kier alpha value is -1.56. The molecule has 1 saturated heterocycles. The van der Waals surface area contributed by atoms with Gasteiger partial charge in [0.2, 0.25) is 0 Å². The third kappa shape index (κ3) is 4.37. The van der Waals surface area contributed by atoms with Crippen molar-refractivity contribution < 1.29 is 19.4 Å². The summed E-state index contributed by atoms with van der Waals surface area (Å²) in [6.45, 7) is 6.02. The van der Waals surface area contributed by atoms with E-state index >= 15 is 0 Å². The van der Waals surface area contributed by atoms with Crippen LogP contribution in [0.2, 0.25) is 0 Å². The van der Waals surface area contributed by atoms with Crippen molar-refractivity contribution in [1.82, 2.24) is 10.6 Å². The Morgan fingerprint density at radius 1 is 1.56 bits per heavy atom. The topological polar surface area (TPSA) is 87.7 Å². The monoisotopic (exact) mass is 256 g/mol. The molecule has 0 saturated carbocycles. The second-order valence-corrected chi connectivity index (χ2v) is 4.37. The zero-order chi connectivity index (χ0) is 13.5. The highest BCUT2D eigenvalue weighted by molar-refractivity contribution is 5.82. The number of rotatable bonds is 6. The Bertz CT molecular complexity index is 313. The zero-order valence-electron chi connectivity index (χ0n) is 10.5. The first-order valence-corrected chi connectivity index (χ1v) is 6.07. The summed E-state index contributed by atoms with van der Waals surface area (Å²) in [6, 6.07) is -1.57. The van der Waals surface area contributed by atoms with Gasteiger partial charge in [-0.2, -0.15) is 0 Å². The SMILES string of the molecule is C=CCC(NC(=O)NC(C)C1CCCO1)C(=O)O. The normalized spacial score (nSPS) is 21.9. The summed E-state index contributed by atoms with van der Waals surface area (Å²) >= 11 is 0. The van der Waals surface area contributed by atoms with E-state index in [1.165, 1.54) is 6.08 Å². The third-order valence-corrected chi connectivity index (χ3v) is 2.89. The first kappa shape index (κ1) is 14.5. The molecule has 102 valence electrons. The molecular formula is C12H20N2O4. The second kappa shape index (κ2) is 7.00. The van der Waals surface area contributed by atoms with E-state index in [-0.39, 0.29) is 18.6 Å². The van der Waals surface area contributed by atoms with E-state index < -0.39 is 18.0 Å². The maximum Gasteiger partial charge on any atom is 0.326 e. The van der Waals surface area contributed by atoms with E-state index in [4.69, 9.17) is 9.84 Å². The van der Waals surface area contributed by atoms with Gasteiger partial charge in [-0.3, -0.25) is 0 Å². The summed E-state index contributed by atoms with van der Waals surface area (Å²) in [5, 5.41) is 14.0. The van der Waals surface area contributed by atoms with Crippen LogP contribution in [0, 0.1) is 0 Å². The number of carboxylic acids is 1. The predicted molar refractivity (Wildman–Crippen MR) is 66.3 cm³/mol. The lowest BCUT2D eigenvalue weighted by atomic mass is 10.1. The highest BCUT2D eigenvalue weighted by Crippen LogP contribution is 2.15. The molecule has 0 aromatic rings. The van der Waals surface area contributed by atoms with Crippen LogP contribution in [-0.4, -0.2) is 41.9 Å². The maximum atomic E-state index is 11.6. The first-order chi connectivity index (χ1) is 8.54. The summed E-state index contributed by atoms with van der Waals surface area (Å²) in [4.78, 5) is 22.5. The molecule has 3 N–H and O–H groups in total. The fourth-order valence-electron chi connectivity index (χ4n) is 1.88. The van der Waals surface area contributed by atoms with E-state index in [2.05, 4.69) is 17.2 Å². The number of carbonyl (C=O) groups is 2. The van der Waals surface area contributed by atoms with Crippen molar-refractivity contribution in [2.45, 2.75) is 44.4 Å². The quantitative estimate of drug-likeness (QED) is 0.616. The fourth-order valence-corrected chi connectivity index (χ4v) is 1.88. The molecule has 1 aliphatic heterocycles. The number of hydrogen-bond acceptors (Lipinski definition) is 3. The number of carboxylic acid groups (broad SMARTS) is 1. The number of urea groups is 1. The smallest absolute Gasteiger partial charge is 0.326 e. The summed E-state index contributed by atoms with van der Waals surface area (Å²) < 4.78 is 5.44. The molecule has 0 bridgehead atoms. The first-order valence-electron chi connectivity index (χ1n) is 6.07. The molecule has 3 unspecified atom stereocenters. The molecule has 0 aromatic heterocycles. The number of ether oxygens (including phenoxy) is 1. The van der Waals surface area contributed by atoms with Gasteiger partial charge >= 0.3 is 12.0 Å². The summed E-state index contributed by atoms with van der Waals surface area (Å²) in [5.74, 6) is -1.07. The molecule has 1 fully saturated rings. The van der Waals surface area contributed by atoms with E-state index in [1.54, 1.807) is 0 Å². The maximum absolute atomic E-state index is 11.6. The lowest BCUT2D eigenvalue weighted by Gasteiger charge is -2.21. The van der Waals surface area contributed by atoms with Crippen molar-refractivity contribution in [2.24, 2.45) is 0 Å². The van der Waals surface area contributed by atoms with Gasteiger partial charge in [0, 0.05) is 6.61 Å². The van der Waals surface area contributed by atoms with E-state index in [1.807, 2.05) is 6.92 Å². The van der Waals surface area contributed by atoms with Crippen LogP contribution >= 0.6 is 0 Å². The van der Waals surface area contributed by atoms with Gasteiger partial charge in [-0.1, -0.05) is 6.08 Å². The van der Waals surface area contributed by atoms with Gasteiger partial charge in [-0.15, -0.1) is 6.58 Å². The molecule has 1 aliphatic rings. The highest BCUT2D eigenvalue weighted by atomic mass is 16.5. The van der Waals surface area contributed by atoms with Crippen LogP contribution < -0.4 is 10.6 Å². The highest BCUT2D eigenvalue weighted by Gasteiger charge is 2.25. The zero-order valence-corrected chi connectivity index (χ0v) is 10.5. The predicted octanol–water partition coefficient (Wildman–Crippen LogP) is 0.882. The minimum Gasteiger partial charge on any atom is -0.480 e. The van der Waals surface area contributed by atoms with Crippen molar-refractivity contribution in [3.8, 4) is 0 Å². The number of amides is 2. The largest absolute Gasteiger partial charge is 0.480 e. The Balaban J connectivity index is 2.39. The number of hydrogen-bond donors (Lipinski definition) is 3. The molecule has 2 amide bonds. The van der Waals surface area contributed by atoms with Crippen LogP contribution in [0.15, 0.2) is 12.7 Å². The summed E-state index contributed by atoms with van der Waals surface area (Å²) in [7, 11) is 0. The van der Waals surface area contributed by atoms with Crippen molar-refractivity contribution >= 4 is 12.0 Å². The summed E-state index contributed by atoms with van der Waals surface area (Å²) in [6.07, 6.45) is 3.57. The molecule has 0 radical (unpaired) electrons. The van der Waals surface area contributed by atoms with Crippen LogP contribution in [-0.2, 0) is 9.53 Å². The van der Waals surface area contributed by atoms with Gasteiger partial charge in [-0.05, 0) is 26.2 Å². The van der Waals surface area contributed by atoms with E-state index in [0.29, 0.717) is 6.61 Å². The van der Waals surface area contributed by atoms with Crippen molar-refractivity contribution in [1.29, 1.82) is 0 Å². The van der Waals surface area contributed by atoms with E-state index in [9.17, 15) is 9.59 Å². The molecule has 6 nitrogen and oxygen atoms in total. The van der Waals surface area contributed by atoms with E-state index in [0.717, 1.165) is 12.8 Å². The van der Waals surface area contributed by atoms with Crippen LogP contribution in [0.5, 0.6) is 0 Å². The second-order valence-electron chi connectivity index (χ2n) is 4.37. The average molecular weight is 256 g/mol. The van der Waals surface area contributed by atoms with Gasteiger partial charge in [0.25, 0.3) is 0 Å². The molecular weight excluding hydrogens is 236 g/mol. The van der Waals surface area contributed by atoms with Gasteiger partial charge in [-0.25, -0.2) is 9.59 Å². The molecule has 3 atom stereocenters. The van der Waals surface area contributed by atoms with Crippen LogP contribution in [0.1, 0.15) is 26.2 Å². The molecule has 0 aliphatic carbocycles. The van der Waals surface area contributed by atoms with Gasteiger partial charge < -0.3 is 20.5 Å². The van der Waals surface area contributed by atoms with Crippen LogP contribution in [0.3, 0.4) is 0 Å². The lowest BCUT2D eigenvalue weighted by Crippen LogP contribution is -2.50. The van der Waals surface area contributed by atoms with Gasteiger partial charge in [0.1, 0.15) is 6.04 Å². The number of carbonyl (C=O) groups excluding carboxylic acids is 1. The molecule has 1 rings (SSSR count).